The first kappa shape index (κ1) is 24.5. The number of hydrogen-bond acceptors (Lipinski definition) is 4. The second-order valence-electron chi connectivity index (χ2n) is 10.9. The predicted octanol–water partition coefficient (Wildman–Crippen LogP) is 9.61. The van der Waals surface area contributed by atoms with Crippen molar-refractivity contribution in [3.8, 4) is 34.1 Å². The van der Waals surface area contributed by atoms with E-state index in [4.69, 9.17) is 4.74 Å². The van der Waals surface area contributed by atoms with Crippen LogP contribution in [0.3, 0.4) is 0 Å². The molecule has 0 radical (unpaired) electrons. The monoisotopic (exact) mass is 567 g/mol. The minimum Gasteiger partial charge on any atom is -0.453 e. The van der Waals surface area contributed by atoms with Gasteiger partial charge in [-0.15, -0.1) is 5.10 Å². The van der Waals surface area contributed by atoms with Gasteiger partial charge < -0.3 is 14.2 Å². The molecule has 44 heavy (non-hydrogen) atoms. The molecular weight excluding hydrogens is 542 g/mol. The van der Waals surface area contributed by atoms with Gasteiger partial charge in [-0.25, -0.2) is 4.68 Å². The summed E-state index contributed by atoms with van der Waals surface area (Å²) in [5.74, 6) is 1.65. The van der Waals surface area contributed by atoms with Crippen LogP contribution in [-0.2, 0) is 0 Å². The normalized spacial score (nSPS) is 12.2. The SMILES string of the molecule is c1cc(N2c3ccccc3Oc3ccccc32)cc(-n2cc(-c3ccc(-n4c5ccccc5c5ccccc54)cc3)nn2)c1. The van der Waals surface area contributed by atoms with Crippen LogP contribution in [0.15, 0.2) is 152 Å². The summed E-state index contributed by atoms with van der Waals surface area (Å²) in [4.78, 5) is 2.23. The van der Waals surface area contributed by atoms with Gasteiger partial charge in [-0.1, -0.05) is 84.1 Å². The summed E-state index contributed by atoms with van der Waals surface area (Å²) in [5.41, 5.74) is 9.23. The molecule has 0 saturated carbocycles. The van der Waals surface area contributed by atoms with Crippen molar-refractivity contribution >= 4 is 38.9 Å². The summed E-state index contributed by atoms with van der Waals surface area (Å²) in [6.07, 6.45) is 1.98. The average molecular weight is 568 g/mol. The number of para-hydroxylation sites is 6. The van der Waals surface area contributed by atoms with Crippen molar-refractivity contribution in [2.75, 3.05) is 4.90 Å². The van der Waals surface area contributed by atoms with Gasteiger partial charge in [-0.05, 0) is 66.7 Å². The van der Waals surface area contributed by atoms with Gasteiger partial charge in [0.25, 0.3) is 0 Å². The van der Waals surface area contributed by atoms with E-state index in [0.717, 1.165) is 51.2 Å². The number of benzene rings is 6. The first-order valence-corrected chi connectivity index (χ1v) is 14.6. The summed E-state index contributed by atoms with van der Waals surface area (Å²) in [7, 11) is 0. The van der Waals surface area contributed by atoms with E-state index < -0.39 is 0 Å². The Labute approximate surface area is 253 Å². The maximum atomic E-state index is 6.20. The second-order valence-corrected chi connectivity index (χ2v) is 10.9. The highest BCUT2D eigenvalue weighted by Crippen LogP contribution is 2.50. The van der Waals surface area contributed by atoms with Gasteiger partial charge in [0, 0.05) is 27.7 Å². The number of aromatic nitrogens is 4. The smallest absolute Gasteiger partial charge is 0.151 e. The third kappa shape index (κ3) is 3.82. The van der Waals surface area contributed by atoms with Crippen LogP contribution < -0.4 is 9.64 Å². The molecular formula is C38H25N5O. The molecule has 0 saturated heterocycles. The number of rotatable bonds is 4. The first-order valence-electron chi connectivity index (χ1n) is 14.6. The third-order valence-corrected chi connectivity index (χ3v) is 8.28. The molecule has 0 N–H and O–H groups in total. The van der Waals surface area contributed by atoms with Crippen molar-refractivity contribution in [2.45, 2.75) is 0 Å². The van der Waals surface area contributed by atoms with Crippen LogP contribution in [0.4, 0.5) is 17.1 Å². The van der Waals surface area contributed by atoms with Gasteiger partial charge in [-0.3, -0.25) is 0 Å². The molecule has 0 spiro atoms. The molecule has 0 amide bonds. The van der Waals surface area contributed by atoms with Crippen LogP contribution in [0, 0.1) is 0 Å². The van der Waals surface area contributed by atoms with Gasteiger partial charge in [0.15, 0.2) is 11.5 Å². The largest absolute Gasteiger partial charge is 0.453 e. The Morgan fingerprint density at radius 1 is 0.500 bits per heavy atom. The topological polar surface area (TPSA) is 48.1 Å². The molecule has 1 aliphatic heterocycles. The minimum absolute atomic E-state index is 0.811. The van der Waals surface area contributed by atoms with Crippen molar-refractivity contribution < 1.29 is 4.74 Å². The molecule has 0 bridgehead atoms. The fourth-order valence-electron chi connectivity index (χ4n) is 6.26. The zero-order chi connectivity index (χ0) is 29.0. The molecule has 9 rings (SSSR count). The number of hydrogen-bond donors (Lipinski definition) is 0. The molecule has 6 nitrogen and oxygen atoms in total. The fraction of sp³-hybridized carbons (Fsp3) is 0. The van der Waals surface area contributed by atoms with Crippen LogP contribution in [0.5, 0.6) is 11.5 Å². The first-order chi connectivity index (χ1) is 21.8. The van der Waals surface area contributed by atoms with Crippen molar-refractivity contribution in [1.29, 1.82) is 0 Å². The Hall–Kier alpha value is -6.14. The summed E-state index contributed by atoms with van der Waals surface area (Å²) < 4.78 is 10.3. The Bertz CT molecular complexity index is 2230. The number of ether oxygens (including phenoxy) is 1. The Morgan fingerprint density at radius 2 is 1.09 bits per heavy atom. The Morgan fingerprint density at radius 3 is 1.77 bits per heavy atom. The zero-order valence-electron chi connectivity index (χ0n) is 23.6. The summed E-state index contributed by atoms with van der Waals surface area (Å²) in [6.45, 7) is 0. The highest BCUT2D eigenvalue weighted by molar-refractivity contribution is 6.09. The second kappa shape index (κ2) is 9.71. The molecule has 1 aliphatic rings. The van der Waals surface area contributed by atoms with Crippen molar-refractivity contribution in [3.63, 3.8) is 0 Å². The van der Waals surface area contributed by atoms with E-state index in [0.29, 0.717) is 0 Å². The van der Waals surface area contributed by atoms with E-state index in [1.165, 1.54) is 21.8 Å². The highest BCUT2D eigenvalue weighted by atomic mass is 16.5. The quantitative estimate of drug-likeness (QED) is 0.212. The van der Waals surface area contributed by atoms with Crippen LogP contribution in [0.25, 0.3) is 44.4 Å². The standard InChI is InChI=1S/C38H25N5O/c1-3-14-33-30(12-1)31-13-2-4-15-34(31)42(33)27-22-20-26(21-23-27)32-25-41(40-39-32)28-10-9-11-29(24-28)43-35-16-5-7-18-37(35)44-38-19-8-6-17-36(38)43/h1-25H. The van der Waals surface area contributed by atoms with Gasteiger partial charge >= 0.3 is 0 Å². The van der Waals surface area contributed by atoms with Crippen LogP contribution >= 0.6 is 0 Å². The third-order valence-electron chi connectivity index (χ3n) is 8.28. The lowest BCUT2D eigenvalue weighted by atomic mass is 10.1. The van der Waals surface area contributed by atoms with Crippen molar-refractivity contribution in [3.05, 3.63) is 152 Å². The fourth-order valence-corrected chi connectivity index (χ4v) is 6.26. The van der Waals surface area contributed by atoms with Crippen LogP contribution in [0.1, 0.15) is 0 Å². The Kier molecular flexibility index (Phi) is 5.40. The van der Waals surface area contributed by atoms with E-state index in [-0.39, 0.29) is 0 Å². The van der Waals surface area contributed by atoms with Gasteiger partial charge in [0.2, 0.25) is 0 Å². The zero-order valence-corrected chi connectivity index (χ0v) is 23.6. The summed E-state index contributed by atoms with van der Waals surface area (Å²) >= 11 is 0. The molecule has 3 heterocycles. The maximum absolute atomic E-state index is 6.20. The molecule has 6 heteroatoms. The van der Waals surface area contributed by atoms with Crippen molar-refractivity contribution in [1.82, 2.24) is 19.6 Å². The van der Waals surface area contributed by atoms with Gasteiger partial charge in [0.1, 0.15) is 5.69 Å². The minimum atomic E-state index is 0.811. The lowest BCUT2D eigenvalue weighted by molar-refractivity contribution is 0.477. The predicted molar refractivity (Wildman–Crippen MR) is 176 cm³/mol. The molecule has 208 valence electrons. The molecule has 6 aromatic carbocycles. The average Bonchev–Trinajstić information content (AvgIpc) is 3.71. The van der Waals surface area contributed by atoms with E-state index in [2.05, 4.69) is 117 Å². The summed E-state index contributed by atoms with van der Waals surface area (Å²) in [5, 5.41) is 11.6. The molecule has 2 aromatic heterocycles. The molecule has 0 atom stereocenters. The van der Waals surface area contributed by atoms with E-state index >= 15 is 0 Å². The molecule has 8 aromatic rings. The number of nitrogens with zero attached hydrogens (tertiary/aromatic N) is 5. The Balaban J connectivity index is 1.06. The maximum Gasteiger partial charge on any atom is 0.151 e. The lowest BCUT2D eigenvalue weighted by Crippen LogP contribution is -2.15. The molecule has 0 fully saturated rings. The van der Waals surface area contributed by atoms with Gasteiger partial charge in [-0.2, -0.15) is 0 Å². The van der Waals surface area contributed by atoms with Gasteiger partial charge in [0.05, 0.1) is 34.3 Å². The van der Waals surface area contributed by atoms with Crippen LogP contribution in [-0.4, -0.2) is 19.6 Å². The molecule has 0 unspecified atom stereocenters. The lowest BCUT2D eigenvalue weighted by Gasteiger charge is -2.32. The number of fused-ring (bicyclic) bond motifs is 5. The highest BCUT2D eigenvalue weighted by Gasteiger charge is 2.25. The summed E-state index contributed by atoms with van der Waals surface area (Å²) in [6, 6.07) is 50.2. The number of anilines is 3. The van der Waals surface area contributed by atoms with E-state index in [1.54, 1.807) is 0 Å². The van der Waals surface area contributed by atoms with E-state index in [9.17, 15) is 0 Å². The molecule has 0 aliphatic carbocycles. The van der Waals surface area contributed by atoms with E-state index in [1.807, 2.05) is 59.4 Å². The van der Waals surface area contributed by atoms with Crippen molar-refractivity contribution in [2.24, 2.45) is 0 Å². The van der Waals surface area contributed by atoms with Crippen LogP contribution in [0.2, 0.25) is 0 Å².